The van der Waals surface area contributed by atoms with Gasteiger partial charge in [0.25, 0.3) is 0 Å². The zero-order valence-electron chi connectivity index (χ0n) is 11.4. The van der Waals surface area contributed by atoms with Crippen LogP contribution in [-0.2, 0) is 9.53 Å². The number of ether oxygens (including phenoxy) is 1. The summed E-state index contributed by atoms with van der Waals surface area (Å²) in [5.74, 6) is -0.603. The number of carbonyl (C=O) groups excluding carboxylic acids is 1. The maximum atomic E-state index is 11.6. The van der Waals surface area contributed by atoms with Crippen molar-refractivity contribution in [2.75, 3.05) is 0 Å². The van der Waals surface area contributed by atoms with Crippen LogP contribution in [0.2, 0.25) is 0 Å². The van der Waals surface area contributed by atoms with Crippen molar-refractivity contribution in [3.05, 3.63) is 0 Å². The minimum Gasteiger partial charge on any atom is -0.481 e. The number of amides is 1. The molecular formula is C13H23NO4. The first-order valence-electron chi connectivity index (χ1n) is 6.47. The van der Waals surface area contributed by atoms with Crippen molar-refractivity contribution in [1.29, 1.82) is 0 Å². The molecule has 1 fully saturated rings. The molecule has 0 heterocycles. The van der Waals surface area contributed by atoms with Gasteiger partial charge in [-0.1, -0.05) is 6.42 Å². The quantitative estimate of drug-likeness (QED) is 0.814. The molecule has 0 aromatic carbocycles. The molecule has 0 saturated heterocycles. The fourth-order valence-electron chi connectivity index (χ4n) is 2.33. The van der Waals surface area contributed by atoms with Crippen LogP contribution in [-0.4, -0.2) is 28.8 Å². The summed E-state index contributed by atoms with van der Waals surface area (Å²) in [6, 6.07) is 0.0398. The van der Waals surface area contributed by atoms with Gasteiger partial charge in [0.05, 0.1) is 0 Å². The predicted molar refractivity (Wildman–Crippen MR) is 67.4 cm³/mol. The number of aliphatic carboxylic acids is 1. The first-order valence-corrected chi connectivity index (χ1v) is 6.47. The van der Waals surface area contributed by atoms with E-state index in [1.807, 2.05) is 20.8 Å². The van der Waals surface area contributed by atoms with E-state index < -0.39 is 17.7 Å². The van der Waals surface area contributed by atoms with Crippen molar-refractivity contribution in [3.63, 3.8) is 0 Å². The van der Waals surface area contributed by atoms with Crippen LogP contribution in [0.5, 0.6) is 0 Å². The van der Waals surface area contributed by atoms with E-state index in [4.69, 9.17) is 9.84 Å². The molecule has 2 N–H and O–H groups in total. The highest BCUT2D eigenvalue weighted by Crippen LogP contribution is 2.27. The smallest absolute Gasteiger partial charge is 0.407 e. The topological polar surface area (TPSA) is 75.6 Å². The fraction of sp³-hybridized carbons (Fsp3) is 0.846. The molecule has 104 valence electrons. The molecule has 0 bridgehead atoms. The molecule has 0 aromatic heterocycles. The van der Waals surface area contributed by atoms with E-state index in [0.717, 1.165) is 25.7 Å². The van der Waals surface area contributed by atoms with Gasteiger partial charge in [-0.3, -0.25) is 4.79 Å². The fourth-order valence-corrected chi connectivity index (χ4v) is 2.33. The Morgan fingerprint density at radius 1 is 1.33 bits per heavy atom. The third-order valence-electron chi connectivity index (χ3n) is 2.97. The molecule has 0 aromatic rings. The number of nitrogens with one attached hydrogen (secondary N) is 1. The van der Waals surface area contributed by atoms with Gasteiger partial charge < -0.3 is 15.2 Å². The summed E-state index contributed by atoms with van der Waals surface area (Å²) in [4.78, 5) is 22.3. The number of hydrogen-bond donors (Lipinski definition) is 2. The molecule has 5 heteroatoms. The van der Waals surface area contributed by atoms with Crippen molar-refractivity contribution < 1.29 is 19.4 Å². The number of carboxylic acids is 1. The molecule has 0 aliphatic heterocycles. The molecule has 0 spiro atoms. The summed E-state index contributed by atoms with van der Waals surface area (Å²) >= 11 is 0. The summed E-state index contributed by atoms with van der Waals surface area (Å²) in [6.07, 6.45) is 3.29. The van der Waals surface area contributed by atoms with E-state index in [9.17, 15) is 9.59 Å². The minimum atomic E-state index is -0.766. The lowest BCUT2D eigenvalue weighted by molar-refractivity contribution is -0.138. The number of alkyl carbamates (subject to hydrolysis) is 1. The van der Waals surface area contributed by atoms with Crippen LogP contribution >= 0.6 is 0 Å². The Kier molecular flexibility index (Phi) is 4.99. The van der Waals surface area contributed by atoms with E-state index in [0.29, 0.717) is 0 Å². The van der Waals surface area contributed by atoms with Crippen molar-refractivity contribution in [1.82, 2.24) is 5.32 Å². The first-order chi connectivity index (χ1) is 8.26. The highest BCUT2D eigenvalue weighted by atomic mass is 16.6. The van der Waals surface area contributed by atoms with Gasteiger partial charge in [0, 0.05) is 12.5 Å². The summed E-state index contributed by atoms with van der Waals surface area (Å²) in [7, 11) is 0. The van der Waals surface area contributed by atoms with E-state index >= 15 is 0 Å². The molecule has 1 amide bonds. The minimum absolute atomic E-state index is 0.0398. The molecule has 0 unspecified atom stereocenters. The lowest BCUT2D eigenvalue weighted by atomic mass is 9.84. The first kappa shape index (κ1) is 14.8. The van der Waals surface area contributed by atoms with Crippen LogP contribution in [0.3, 0.4) is 0 Å². The second-order valence-corrected chi connectivity index (χ2v) is 5.97. The zero-order chi connectivity index (χ0) is 13.8. The van der Waals surface area contributed by atoms with Crippen LogP contribution in [0.1, 0.15) is 52.9 Å². The number of rotatable bonds is 3. The third-order valence-corrected chi connectivity index (χ3v) is 2.97. The molecular weight excluding hydrogens is 234 g/mol. The number of carboxylic acid groups (broad SMARTS) is 1. The lowest BCUT2D eigenvalue weighted by Crippen LogP contribution is -2.41. The van der Waals surface area contributed by atoms with Gasteiger partial charge in [0.2, 0.25) is 0 Å². The Labute approximate surface area is 108 Å². The summed E-state index contributed by atoms with van der Waals surface area (Å²) in [6.45, 7) is 5.46. The van der Waals surface area contributed by atoms with Crippen LogP contribution in [0.15, 0.2) is 0 Å². The van der Waals surface area contributed by atoms with E-state index in [1.54, 1.807) is 0 Å². The summed E-state index contributed by atoms with van der Waals surface area (Å²) < 4.78 is 5.19. The molecule has 1 rings (SSSR count). The predicted octanol–water partition coefficient (Wildman–Crippen LogP) is 2.54. The van der Waals surface area contributed by atoms with Crippen LogP contribution in [0.4, 0.5) is 4.79 Å². The zero-order valence-corrected chi connectivity index (χ0v) is 11.4. The van der Waals surface area contributed by atoms with Crippen LogP contribution in [0.25, 0.3) is 0 Å². The average Bonchev–Trinajstić information content (AvgIpc) is 2.13. The average molecular weight is 257 g/mol. The van der Waals surface area contributed by atoms with E-state index in [1.165, 1.54) is 0 Å². The second-order valence-electron chi connectivity index (χ2n) is 5.97. The van der Waals surface area contributed by atoms with Gasteiger partial charge in [-0.15, -0.1) is 0 Å². The maximum absolute atomic E-state index is 11.6. The molecule has 5 nitrogen and oxygen atoms in total. The summed E-state index contributed by atoms with van der Waals surface area (Å²) in [5.41, 5.74) is -0.501. The van der Waals surface area contributed by atoms with Crippen LogP contribution < -0.4 is 5.32 Å². The van der Waals surface area contributed by atoms with Crippen molar-refractivity contribution in [2.45, 2.75) is 64.5 Å². The number of carbonyl (C=O) groups is 2. The second kappa shape index (κ2) is 6.07. The maximum Gasteiger partial charge on any atom is 0.407 e. The van der Waals surface area contributed by atoms with Gasteiger partial charge in [0.15, 0.2) is 0 Å². The Morgan fingerprint density at radius 3 is 2.56 bits per heavy atom. The van der Waals surface area contributed by atoms with Crippen molar-refractivity contribution in [2.24, 2.45) is 5.92 Å². The van der Waals surface area contributed by atoms with Gasteiger partial charge in [-0.2, -0.15) is 0 Å². The molecule has 2 atom stereocenters. The van der Waals surface area contributed by atoms with Gasteiger partial charge in [-0.05, 0) is 46.0 Å². The number of hydrogen-bond acceptors (Lipinski definition) is 3. The van der Waals surface area contributed by atoms with Crippen molar-refractivity contribution in [3.8, 4) is 0 Å². The molecule has 1 aliphatic carbocycles. The highest BCUT2D eigenvalue weighted by molar-refractivity contribution is 5.68. The Hall–Kier alpha value is -1.26. The third kappa shape index (κ3) is 5.89. The van der Waals surface area contributed by atoms with Gasteiger partial charge >= 0.3 is 12.1 Å². The van der Waals surface area contributed by atoms with Gasteiger partial charge in [0.1, 0.15) is 5.60 Å². The molecule has 1 saturated carbocycles. The Morgan fingerprint density at radius 2 is 2.00 bits per heavy atom. The van der Waals surface area contributed by atoms with E-state index in [-0.39, 0.29) is 18.4 Å². The highest BCUT2D eigenvalue weighted by Gasteiger charge is 2.26. The lowest BCUT2D eigenvalue weighted by Gasteiger charge is -2.30. The largest absolute Gasteiger partial charge is 0.481 e. The van der Waals surface area contributed by atoms with Gasteiger partial charge in [-0.25, -0.2) is 4.79 Å². The Bertz CT molecular complexity index is 309. The molecule has 0 radical (unpaired) electrons. The molecule has 18 heavy (non-hydrogen) atoms. The SMILES string of the molecule is CC(C)(C)OC(=O)N[C@@H]1CCC[C@H](CC(=O)O)C1. The standard InChI is InChI=1S/C13H23NO4/c1-13(2,3)18-12(17)14-10-6-4-5-9(7-10)8-11(15)16/h9-10H,4-8H2,1-3H3,(H,14,17)(H,15,16)/t9-,10+/m0/s1. The van der Waals surface area contributed by atoms with E-state index in [2.05, 4.69) is 5.32 Å². The molecule has 1 aliphatic rings. The summed E-state index contributed by atoms with van der Waals surface area (Å²) in [5, 5.41) is 11.6. The normalized spacial score (nSPS) is 24.4. The Balaban J connectivity index is 2.38. The van der Waals surface area contributed by atoms with Crippen molar-refractivity contribution >= 4 is 12.1 Å². The van der Waals surface area contributed by atoms with Crippen LogP contribution in [0, 0.1) is 5.92 Å². The monoisotopic (exact) mass is 257 g/mol.